The Hall–Kier alpha value is -1.76. The van der Waals surface area contributed by atoms with Crippen molar-refractivity contribution in [1.29, 1.82) is 0 Å². The second-order valence-electron chi connectivity index (χ2n) is 4.47. The van der Waals surface area contributed by atoms with Crippen LogP contribution >= 0.6 is 39.7 Å². The lowest BCUT2D eigenvalue weighted by atomic mass is 10.2. The second-order valence-corrected chi connectivity index (χ2v) is 6.21. The van der Waals surface area contributed by atoms with Crippen molar-refractivity contribution in [3.8, 4) is 11.4 Å². The standard InChI is InChI=1S/C15H10BrClN4S/c16-12-5-3-11(4-6-12)14-19-20-15(22)21(14)18-9-10-1-7-13(17)8-2-10/h1-9H,(H,20,22)/b18-9+. The van der Waals surface area contributed by atoms with E-state index in [0.717, 1.165) is 15.6 Å². The third kappa shape index (κ3) is 3.35. The number of halogens is 2. The fourth-order valence-corrected chi connectivity index (χ4v) is 2.43. The fourth-order valence-electron chi connectivity index (χ4n) is 1.86. The number of nitrogens with zero attached hydrogens (tertiary/aromatic N) is 3. The molecular formula is C15H10BrClN4S. The molecule has 7 heteroatoms. The average Bonchev–Trinajstić information content (AvgIpc) is 2.89. The first-order chi connectivity index (χ1) is 10.6. The van der Waals surface area contributed by atoms with Crippen molar-refractivity contribution in [2.24, 2.45) is 5.10 Å². The Balaban J connectivity index is 1.97. The summed E-state index contributed by atoms with van der Waals surface area (Å²) in [5, 5.41) is 12.1. The summed E-state index contributed by atoms with van der Waals surface area (Å²) in [5.74, 6) is 0.655. The first-order valence-electron chi connectivity index (χ1n) is 6.37. The van der Waals surface area contributed by atoms with Gasteiger partial charge in [0.05, 0.1) is 6.21 Å². The highest BCUT2D eigenvalue weighted by molar-refractivity contribution is 9.10. The molecule has 0 atom stereocenters. The van der Waals surface area contributed by atoms with Crippen molar-refractivity contribution in [3.05, 3.63) is 68.4 Å². The number of benzene rings is 2. The van der Waals surface area contributed by atoms with Gasteiger partial charge in [-0.15, -0.1) is 0 Å². The fraction of sp³-hybridized carbons (Fsp3) is 0. The number of hydrogen-bond acceptors (Lipinski definition) is 3. The Morgan fingerprint density at radius 1 is 1.14 bits per heavy atom. The van der Waals surface area contributed by atoms with Gasteiger partial charge in [0.1, 0.15) is 0 Å². The smallest absolute Gasteiger partial charge is 0.216 e. The third-order valence-corrected chi connectivity index (χ3v) is 3.99. The molecule has 0 aliphatic heterocycles. The van der Waals surface area contributed by atoms with Crippen molar-refractivity contribution in [2.75, 3.05) is 0 Å². The zero-order valence-electron chi connectivity index (χ0n) is 11.2. The molecule has 0 amide bonds. The minimum absolute atomic E-state index is 0.433. The quantitative estimate of drug-likeness (QED) is 0.508. The molecule has 0 fully saturated rings. The van der Waals surface area contributed by atoms with Gasteiger partial charge in [-0.2, -0.15) is 14.9 Å². The summed E-state index contributed by atoms with van der Waals surface area (Å²) in [5.41, 5.74) is 1.85. The number of H-pyrrole nitrogens is 1. The van der Waals surface area contributed by atoms with Crippen molar-refractivity contribution in [3.63, 3.8) is 0 Å². The summed E-state index contributed by atoms with van der Waals surface area (Å²) in [4.78, 5) is 0. The number of rotatable bonds is 3. The van der Waals surface area contributed by atoms with Gasteiger partial charge in [0, 0.05) is 15.1 Å². The molecule has 2 aromatic carbocycles. The van der Waals surface area contributed by atoms with Gasteiger partial charge in [0.2, 0.25) is 4.77 Å². The molecule has 1 heterocycles. The van der Waals surface area contributed by atoms with E-state index < -0.39 is 0 Å². The van der Waals surface area contributed by atoms with Crippen LogP contribution in [-0.4, -0.2) is 21.1 Å². The minimum atomic E-state index is 0.433. The van der Waals surface area contributed by atoms with Crippen LogP contribution in [0.5, 0.6) is 0 Å². The zero-order valence-corrected chi connectivity index (χ0v) is 14.4. The molecule has 0 saturated heterocycles. The molecule has 0 unspecified atom stereocenters. The Morgan fingerprint density at radius 2 is 1.82 bits per heavy atom. The zero-order chi connectivity index (χ0) is 15.5. The van der Waals surface area contributed by atoms with E-state index in [4.69, 9.17) is 23.8 Å². The van der Waals surface area contributed by atoms with E-state index in [1.165, 1.54) is 0 Å². The van der Waals surface area contributed by atoms with Crippen molar-refractivity contribution in [2.45, 2.75) is 0 Å². The number of hydrogen-bond donors (Lipinski definition) is 1. The molecule has 3 rings (SSSR count). The lowest BCUT2D eigenvalue weighted by Gasteiger charge is -2.01. The van der Waals surface area contributed by atoms with E-state index in [-0.39, 0.29) is 0 Å². The molecular weight excluding hydrogens is 384 g/mol. The van der Waals surface area contributed by atoms with Gasteiger partial charge < -0.3 is 0 Å². The number of aromatic nitrogens is 3. The molecule has 22 heavy (non-hydrogen) atoms. The summed E-state index contributed by atoms with van der Waals surface area (Å²) in [7, 11) is 0. The predicted molar refractivity (Wildman–Crippen MR) is 95.0 cm³/mol. The predicted octanol–water partition coefficient (Wildman–Crippen LogP) is 4.91. The first kappa shape index (κ1) is 15.1. The molecule has 3 aromatic rings. The van der Waals surface area contributed by atoms with Gasteiger partial charge in [-0.25, -0.2) is 5.10 Å². The van der Waals surface area contributed by atoms with Crippen molar-refractivity contribution < 1.29 is 0 Å². The molecule has 4 nitrogen and oxygen atoms in total. The summed E-state index contributed by atoms with van der Waals surface area (Å²) < 4.78 is 3.03. The molecule has 1 N–H and O–H groups in total. The Labute approximate surface area is 145 Å². The van der Waals surface area contributed by atoms with Crippen LogP contribution in [0.2, 0.25) is 5.02 Å². The maximum absolute atomic E-state index is 5.87. The van der Waals surface area contributed by atoms with Crippen LogP contribution in [0.1, 0.15) is 5.56 Å². The van der Waals surface area contributed by atoms with E-state index in [9.17, 15) is 0 Å². The maximum atomic E-state index is 5.87. The molecule has 0 bridgehead atoms. The average molecular weight is 394 g/mol. The Kier molecular flexibility index (Phi) is 4.52. The van der Waals surface area contributed by atoms with Crippen molar-refractivity contribution >= 4 is 46.0 Å². The molecule has 110 valence electrons. The third-order valence-electron chi connectivity index (χ3n) is 2.95. The van der Waals surface area contributed by atoms with Crippen LogP contribution in [-0.2, 0) is 0 Å². The first-order valence-corrected chi connectivity index (χ1v) is 7.95. The van der Waals surface area contributed by atoms with Crippen LogP contribution < -0.4 is 0 Å². The van der Waals surface area contributed by atoms with Gasteiger partial charge >= 0.3 is 0 Å². The molecule has 0 aliphatic rings. The lowest BCUT2D eigenvalue weighted by Crippen LogP contribution is -1.95. The van der Waals surface area contributed by atoms with Crippen LogP contribution in [0.15, 0.2) is 58.1 Å². The van der Waals surface area contributed by atoms with Gasteiger partial charge in [-0.05, 0) is 42.0 Å². The molecule has 0 spiro atoms. The molecule has 0 saturated carbocycles. The highest BCUT2D eigenvalue weighted by Gasteiger charge is 2.07. The molecule has 1 aromatic heterocycles. The summed E-state index contributed by atoms with van der Waals surface area (Å²) in [6.07, 6.45) is 1.71. The van der Waals surface area contributed by atoms with E-state index >= 15 is 0 Å². The van der Waals surface area contributed by atoms with E-state index in [0.29, 0.717) is 15.6 Å². The molecule has 0 radical (unpaired) electrons. The van der Waals surface area contributed by atoms with Gasteiger partial charge in [-0.3, -0.25) is 0 Å². The largest absolute Gasteiger partial charge is 0.250 e. The minimum Gasteiger partial charge on any atom is -0.250 e. The number of nitrogens with one attached hydrogen (secondary N) is 1. The van der Waals surface area contributed by atoms with Gasteiger partial charge in [-0.1, -0.05) is 51.8 Å². The SMILES string of the molecule is S=c1[nH]nc(-c2ccc(Br)cc2)n1/N=C/c1ccc(Cl)cc1. The highest BCUT2D eigenvalue weighted by atomic mass is 79.9. The second kappa shape index (κ2) is 6.56. The highest BCUT2D eigenvalue weighted by Crippen LogP contribution is 2.20. The topological polar surface area (TPSA) is 46.0 Å². The van der Waals surface area contributed by atoms with Crippen LogP contribution in [0.25, 0.3) is 11.4 Å². The van der Waals surface area contributed by atoms with Crippen LogP contribution in [0.3, 0.4) is 0 Å². The Bertz CT molecular complexity index is 866. The lowest BCUT2D eigenvalue weighted by molar-refractivity contribution is 0.871. The van der Waals surface area contributed by atoms with Gasteiger partial charge in [0.25, 0.3) is 0 Å². The van der Waals surface area contributed by atoms with E-state index in [2.05, 4.69) is 31.2 Å². The summed E-state index contributed by atoms with van der Waals surface area (Å²) in [6.45, 7) is 0. The van der Waals surface area contributed by atoms with E-state index in [1.807, 2.05) is 48.5 Å². The molecule has 0 aliphatic carbocycles. The Morgan fingerprint density at radius 3 is 2.50 bits per heavy atom. The normalized spacial score (nSPS) is 11.2. The van der Waals surface area contributed by atoms with E-state index in [1.54, 1.807) is 10.9 Å². The maximum Gasteiger partial charge on any atom is 0.216 e. The summed E-state index contributed by atoms with van der Waals surface area (Å²) in [6, 6.07) is 15.2. The number of aromatic amines is 1. The summed E-state index contributed by atoms with van der Waals surface area (Å²) >= 11 is 14.5. The van der Waals surface area contributed by atoms with Crippen LogP contribution in [0, 0.1) is 4.77 Å². The van der Waals surface area contributed by atoms with Crippen LogP contribution in [0.4, 0.5) is 0 Å². The van der Waals surface area contributed by atoms with Crippen molar-refractivity contribution in [1.82, 2.24) is 14.9 Å². The van der Waals surface area contributed by atoms with Gasteiger partial charge in [0.15, 0.2) is 5.82 Å². The monoisotopic (exact) mass is 392 g/mol.